The normalized spacial score (nSPS) is 12.6. The lowest BCUT2D eigenvalue weighted by Crippen LogP contribution is -1.97. The van der Waals surface area contributed by atoms with E-state index in [-0.39, 0.29) is 0 Å². The first-order valence-electron chi connectivity index (χ1n) is 4.70. The molecule has 0 rings (SSSR count). The summed E-state index contributed by atoms with van der Waals surface area (Å²) >= 11 is 0. The van der Waals surface area contributed by atoms with Crippen LogP contribution in [0.15, 0.2) is 4.99 Å². The Bertz CT molecular complexity index is 114. The van der Waals surface area contributed by atoms with Crippen molar-refractivity contribution in [3.8, 4) is 0 Å². The molecule has 0 aliphatic carbocycles. The lowest BCUT2D eigenvalue weighted by molar-refractivity contribution is 0.733. The Morgan fingerprint density at radius 1 is 1.27 bits per heavy atom. The molecule has 0 saturated heterocycles. The van der Waals surface area contributed by atoms with Crippen LogP contribution >= 0.6 is 0 Å². The third-order valence-corrected chi connectivity index (χ3v) is 1.62. The molecular formula is C10H21N. The molecule has 0 aromatic carbocycles. The van der Waals surface area contributed by atoms with Crippen LogP contribution in [-0.2, 0) is 0 Å². The first-order valence-corrected chi connectivity index (χ1v) is 4.70. The summed E-state index contributed by atoms with van der Waals surface area (Å²) < 4.78 is 0. The molecule has 0 atom stereocenters. The summed E-state index contributed by atoms with van der Waals surface area (Å²) in [5.74, 6) is 0. The standard InChI is InChI=1S/C10H21N/c1-5-6-7-8-10(4)11-9(2)3/h9H,5-8H2,1-4H3. The first-order chi connectivity index (χ1) is 5.16. The van der Waals surface area contributed by atoms with Crippen LogP contribution in [0.3, 0.4) is 0 Å². The van der Waals surface area contributed by atoms with E-state index in [0.29, 0.717) is 6.04 Å². The van der Waals surface area contributed by atoms with E-state index in [1.807, 2.05) is 0 Å². The van der Waals surface area contributed by atoms with Crippen LogP contribution in [0.2, 0.25) is 0 Å². The molecule has 0 amide bonds. The largest absolute Gasteiger partial charge is 0.292 e. The Morgan fingerprint density at radius 2 is 1.91 bits per heavy atom. The summed E-state index contributed by atoms with van der Waals surface area (Å²) in [7, 11) is 0. The van der Waals surface area contributed by atoms with Crippen molar-refractivity contribution >= 4 is 5.71 Å². The Labute approximate surface area is 70.9 Å². The highest BCUT2D eigenvalue weighted by Crippen LogP contribution is 2.01. The van der Waals surface area contributed by atoms with Gasteiger partial charge in [0.25, 0.3) is 0 Å². The molecule has 0 spiro atoms. The number of unbranched alkanes of at least 4 members (excludes halogenated alkanes) is 2. The predicted octanol–water partition coefficient (Wildman–Crippen LogP) is 3.44. The molecule has 0 aromatic heterocycles. The van der Waals surface area contributed by atoms with Crippen LogP contribution in [-0.4, -0.2) is 11.8 Å². The molecule has 0 aliphatic rings. The van der Waals surface area contributed by atoms with Gasteiger partial charge >= 0.3 is 0 Å². The van der Waals surface area contributed by atoms with Crippen molar-refractivity contribution in [2.45, 2.75) is 59.4 Å². The van der Waals surface area contributed by atoms with Crippen LogP contribution in [0.25, 0.3) is 0 Å². The second-order valence-electron chi connectivity index (χ2n) is 3.42. The van der Waals surface area contributed by atoms with Gasteiger partial charge in [0, 0.05) is 11.8 Å². The van der Waals surface area contributed by atoms with E-state index in [4.69, 9.17) is 0 Å². The molecular weight excluding hydrogens is 134 g/mol. The number of hydrogen-bond acceptors (Lipinski definition) is 1. The van der Waals surface area contributed by atoms with E-state index in [0.717, 1.165) is 0 Å². The van der Waals surface area contributed by atoms with Crippen molar-refractivity contribution in [1.29, 1.82) is 0 Å². The van der Waals surface area contributed by atoms with E-state index in [2.05, 4.69) is 32.7 Å². The highest BCUT2D eigenvalue weighted by atomic mass is 14.8. The van der Waals surface area contributed by atoms with Gasteiger partial charge in [0.05, 0.1) is 0 Å². The molecule has 0 bridgehead atoms. The van der Waals surface area contributed by atoms with Gasteiger partial charge in [-0.1, -0.05) is 19.8 Å². The van der Waals surface area contributed by atoms with E-state index < -0.39 is 0 Å². The van der Waals surface area contributed by atoms with Gasteiger partial charge in [-0.2, -0.15) is 0 Å². The van der Waals surface area contributed by atoms with Crippen molar-refractivity contribution in [3.63, 3.8) is 0 Å². The smallest absolute Gasteiger partial charge is 0.0442 e. The van der Waals surface area contributed by atoms with Crippen LogP contribution in [0.5, 0.6) is 0 Å². The quantitative estimate of drug-likeness (QED) is 0.426. The molecule has 1 nitrogen and oxygen atoms in total. The van der Waals surface area contributed by atoms with Crippen molar-refractivity contribution in [2.24, 2.45) is 4.99 Å². The maximum Gasteiger partial charge on any atom is 0.0442 e. The number of nitrogens with zero attached hydrogens (tertiary/aromatic N) is 1. The molecule has 1 heteroatoms. The summed E-state index contributed by atoms with van der Waals surface area (Å²) in [6, 6.07) is 0.469. The monoisotopic (exact) mass is 155 g/mol. The van der Waals surface area contributed by atoms with Crippen molar-refractivity contribution < 1.29 is 0 Å². The third kappa shape index (κ3) is 7.57. The second kappa shape index (κ2) is 6.38. The molecule has 0 N–H and O–H groups in total. The molecule has 0 saturated carbocycles. The first kappa shape index (κ1) is 10.7. The SMILES string of the molecule is CCCCCC(C)=NC(C)C. The second-order valence-corrected chi connectivity index (χ2v) is 3.42. The summed E-state index contributed by atoms with van der Waals surface area (Å²) in [6.07, 6.45) is 5.13. The highest BCUT2D eigenvalue weighted by Gasteiger charge is 1.92. The van der Waals surface area contributed by atoms with Crippen LogP contribution in [0.4, 0.5) is 0 Å². The van der Waals surface area contributed by atoms with Gasteiger partial charge in [0.15, 0.2) is 0 Å². The van der Waals surface area contributed by atoms with E-state index in [1.54, 1.807) is 0 Å². The molecule has 0 aliphatic heterocycles. The van der Waals surface area contributed by atoms with Gasteiger partial charge in [0.2, 0.25) is 0 Å². The van der Waals surface area contributed by atoms with Crippen molar-refractivity contribution in [1.82, 2.24) is 0 Å². The summed E-state index contributed by atoms with van der Waals surface area (Å²) in [4.78, 5) is 4.47. The van der Waals surface area contributed by atoms with Crippen LogP contribution < -0.4 is 0 Å². The average molecular weight is 155 g/mol. The van der Waals surface area contributed by atoms with Gasteiger partial charge in [-0.25, -0.2) is 0 Å². The molecule has 11 heavy (non-hydrogen) atoms. The zero-order valence-corrected chi connectivity index (χ0v) is 8.35. The number of aliphatic imine (C=N–C) groups is 1. The lowest BCUT2D eigenvalue weighted by atomic mass is 10.1. The Morgan fingerprint density at radius 3 is 2.36 bits per heavy atom. The minimum atomic E-state index is 0.469. The van der Waals surface area contributed by atoms with E-state index in [1.165, 1.54) is 31.4 Å². The number of hydrogen-bond donors (Lipinski definition) is 0. The summed E-state index contributed by atoms with van der Waals surface area (Å²) in [5.41, 5.74) is 1.31. The van der Waals surface area contributed by atoms with Crippen LogP contribution in [0, 0.1) is 0 Å². The van der Waals surface area contributed by atoms with Gasteiger partial charge in [-0.15, -0.1) is 0 Å². The minimum Gasteiger partial charge on any atom is -0.292 e. The predicted molar refractivity (Wildman–Crippen MR) is 52.4 cm³/mol. The minimum absolute atomic E-state index is 0.469. The van der Waals surface area contributed by atoms with E-state index in [9.17, 15) is 0 Å². The highest BCUT2D eigenvalue weighted by molar-refractivity contribution is 5.81. The summed E-state index contributed by atoms with van der Waals surface area (Å²) in [5, 5.41) is 0. The fraction of sp³-hybridized carbons (Fsp3) is 0.900. The zero-order valence-electron chi connectivity index (χ0n) is 8.35. The molecule has 66 valence electrons. The van der Waals surface area contributed by atoms with Gasteiger partial charge < -0.3 is 0 Å². The fourth-order valence-corrected chi connectivity index (χ4v) is 1.14. The molecule has 0 aromatic rings. The van der Waals surface area contributed by atoms with Crippen molar-refractivity contribution in [2.75, 3.05) is 0 Å². The van der Waals surface area contributed by atoms with Gasteiger partial charge in [-0.3, -0.25) is 4.99 Å². The Balaban J connectivity index is 3.43. The third-order valence-electron chi connectivity index (χ3n) is 1.62. The Hall–Kier alpha value is -0.330. The maximum absolute atomic E-state index is 4.47. The van der Waals surface area contributed by atoms with E-state index >= 15 is 0 Å². The maximum atomic E-state index is 4.47. The average Bonchev–Trinajstić information content (AvgIpc) is 1.86. The topological polar surface area (TPSA) is 12.4 Å². The van der Waals surface area contributed by atoms with Crippen LogP contribution in [0.1, 0.15) is 53.4 Å². The molecule has 0 heterocycles. The van der Waals surface area contributed by atoms with Crippen molar-refractivity contribution in [3.05, 3.63) is 0 Å². The lowest BCUT2D eigenvalue weighted by Gasteiger charge is -2.01. The zero-order chi connectivity index (χ0) is 8.69. The number of rotatable bonds is 5. The molecule has 0 fully saturated rings. The molecule has 0 unspecified atom stereocenters. The fourth-order valence-electron chi connectivity index (χ4n) is 1.14. The molecule has 0 radical (unpaired) electrons. The van der Waals surface area contributed by atoms with Gasteiger partial charge in [0.1, 0.15) is 0 Å². The Kier molecular flexibility index (Phi) is 6.19. The van der Waals surface area contributed by atoms with Gasteiger partial charge in [-0.05, 0) is 33.6 Å². The summed E-state index contributed by atoms with van der Waals surface area (Å²) in [6.45, 7) is 8.62.